The number of aryl methyl sites for hydroxylation is 1. The zero-order chi connectivity index (χ0) is 33.6. The lowest BCUT2D eigenvalue weighted by atomic mass is 9.72. The van der Waals surface area contributed by atoms with Crippen molar-refractivity contribution >= 4 is 16.7 Å². The number of hydrogen-bond donors (Lipinski definition) is 7. The summed E-state index contributed by atoms with van der Waals surface area (Å²) >= 11 is 0. The van der Waals surface area contributed by atoms with Gasteiger partial charge in [-0.05, 0) is 85.3 Å². The van der Waals surface area contributed by atoms with Crippen molar-refractivity contribution < 1.29 is 30.0 Å². The van der Waals surface area contributed by atoms with E-state index in [2.05, 4.69) is 29.5 Å². The van der Waals surface area contributed by atoms with Crippen molar-refractivity contribution in [3.8, 4) is 11.5 Å². The number of aliphatic hydroxyl groups is 3. The summed E-state index contributed by atoms with van der Waals surface area (Å²) in [6.45, 7) is 2.30. The Morgan fingerprint density at radius 3 is 2.74 bits per heavy atom. The van der Waals surface area contributed by atoms with E-state index in [9.17, 15) is 25.2 Å². The summed E-state index contributed by atoms with van der Waals surface area (Å²) in [5.74, 6) is 0.663. The van der Waals surface area contributed by atoms with Gasteiger partial charge in [0.05, 0.1) is 23.9 Å². The average molecular weight is 647 g/mol. The first-order chi connectivity index (χ1) is 22.6. The molecule has 1 aliphatic carbocycles. The predicted octanol–water partition coefficient (Wildman–Crippen LogP) is 4.90. The Morgan fingerprint density at radius 2 is 1.98 bits per heavy atom. The lowest BCUT2D eigenvalue weighted by Gasteiger charge is -2.31. The minimum Gasteiger partial charge on any atom is -0.504 e. The summed E-state index contributed by atoms with van der Waals surface area (Å²) in [6.07, 6.45) is 10.1. The molecule has 1 saturated carbocycles. The predicted molar refractivity (Wildman–Crippen MR) is 182 cm³/mol. The number of rotatable bonds is 17. The Balaban J connectivity index is 1.28. The quantitative estimate of drug-likeness (QED) is 0.0791. The van der Waals surface area contributed by atoms with Crippen molar-refractivity contribution in [1.82, 2.24) is 9.55 Å². The van der Waals surface area contributed by atoms with Crippen LogP contribution < -0.4 is 16.2 Å². The fraction of sp³-hybridized carbons (Fsp3) is 0.486. The van der Waals surface area contributed by atoms with Crippen molar-refractivity contribution in [2.45, 2.75) is 102 Å². The number of benzene rings is 2. The van der Waals surface area contributed by atoms with Crippen LogP contribution >= 0.6 is 0 Å². The van der Waals surface area contributed by atoms with Gasteiger partial charge in [-0.2, -0.15) is 0 Å². The molecule has 2 aromatic carbocycles. The summed E-state index contributed by atoms with van der Waals surface area (Å²) in [4.78, 5) is 15.9. The fourth-order valence-corrected chi connectivity index (χ4v) is 7.29. The molecule has 2 heterocycles. The minimum atomic E-state index is -0.851. The van der Waals surface area contributed by atoms with Crippen LogP contribution in [0.5, 0.6) is 11.5 Å². The molecular weight excluding hydrogens is 596 g/mol. The van der Waals surface area contributed by atoms with Crippen molar-refractivity contribution in [2.24, 2.45) is 17.4 Å². The number of Topliss-reactive ketones (excluding diaryl/α,β-unsaturated/α-hetero) is 1. The molecule has 0 unspecified atom stereocenters. The third kappa shape index (κ3) is 8.25. The number of aromatic nitrogens is 2. The van der Waals surface area contributed by atoms with Gasteiger partial charge in [0, 0.05) is 48.8 Å². The number of nitrogens with one attached hydrogen (secondary N) is 1. The summed E-state index contributed by atoms with van der Waals surface area (Å²) in [5, 5.41) is 41.4. The molecule has 5 rings (SSSR count). The Morgan fingerprint density at radius 1 is 1.15 bits per heavy atom. The van der Waals surface area contributed by atoms with Gasteiger partial charge in [-0.25, -0.2) is 0 Å². The molecule has 2 aromatic heterocycles. The number of ether oxygens (including phenoxy) is 1. The van der Waals surface area contributed by atoms with E-state index in [1.165, 1.54) is 11.1 Å². The van der Waals surface area contributed by atoms with E-state index < -0.39 is 18.4 Å². The van der Waals surface area contributed by atoms with E-state index in [0.29, 0.717) is 24.5 Å². The number of hydrogen-bond acceptors (Lipinski definition) is 8. The Kier molecular flexibility index (Phi) is 11.4. The smallest absolute Gasteiger partial charge is 0.165 e. The lowest BCUT2D eigenvalue weighted by molar-refractivity contribution is -0.121. The maximum Gasteiger partial charge on any atom is 0.165 e. The maximum atomic E-state index is 12.5. The van der Waals surface area contributed by atoms with Crippen molar-refractivity contribution in [3.63, 3.8) is 0 Å². The molecule has 47 heavy (non-hydrogen) atoms. The van der Waals surface area contributed by atoms with Crippen LogP contribution in [0.15, 0.2) is 61.1 Å². The molecule has 4 aromatic rings. The molecule has 0 aliphatic heterocycles. The van der Waals surface area contributed by atoms with E-state index in [1.807, 2.05) is 29.8 Å². The third-order valence-electron chi connectivity index (χ3n) is 9.75. The molecule has 10 heteroatoms. The molecule has 1 aliphatic rings. The van der Waals surface area contributed by atoms with Gasteiger partial charge in [-0.15, -0.1) is 0 Å². The number of phenols is 1. The second kappa shape index (κ2) is 15.5. The highest BCUT2D eigenvalue weighted by Gasteiger charge is 2.43. The normalized spacial score (nSPS) is 19.4. The zero-order valence-corrected chi connectivity index (χ0v) is 27.3. The van der Waals surface area contributed by atoms with Crippen molar-refractivity contribution in [2.75, 3.05) is 6.61 Å². The van der Waals surface area contributed by atoms with Crippen molar-refractivity contribution in [1.29, 1.82) is 0 Å². The van der Waals surface area contributed by atoms with Crippen LogP contribution in [0, 0.1) is 5.92 Å². The molecule has 0 radical (unpaired) electrons. The number of phenolic OH excluding ortho intramolecular Hbond substituents is 1. The first kappa shape index (κ1) is 34.7. The molecule has 254 valence electrons. The molecule has 1 fully saturated rings. The second-order valence-corrected chi connectivity index (χ2v) is 13.3. The fourth-order valence-electron chi connectivity index (χ4n) is 7.29. The molecular formula is C37H50N4O6. The van der Waals surface area contributed by atoms with Crippen LogP contribution in [0.3, 0.4) is 0 Å². The van der Waals surface area contributed by atoms with E-state index >= 15 is 0 Å². The number of carbonyl (C=O) groups excluding carboxylic acids is 1. The summed E-state index contributed by atoms with van der Waals surface area (Å²) in [7, 11) is 0. The molecule has 0 bridgehead atoms. The number of aromatic hydroxyl groups is 1. The van der Waals surface area contributed by atoms with E-state index in [-0.39, 0.29) is 49.5 Å². The summed E-state index contributed by atoms with van der Waals surface area (Å²) in [5.41, 5.74) is 16.9. The number of aromatic amines is 1. The number of nitrogens with zero attached hydrogens (tertiary/aromatic N) is 1. The summed E-state index contributed by atoms with van der Waals surface area (Å²) in [6, 6.07) is 13.3. The third-order valence-corrected chi connectivity index (χ3v) is 9.75. The van der Waals surface area contributed by atoms with Crippen LogP contribution in [0.25, 0.3) is 10.9 Å². The van der Waals surface area contributed by atoms with Gasteiger partial charge in [0.15, 0.2) is 18.2 Å². The van der Waals surface area contributed by atoms with Gasteiger partial charge >= 0.3 is 0 Å². The second-order valence-electron chi connectivity index (χ2n) is 13.3. The standard InChI is InChI=1S/C37H50N4O6/c1-2-4-28(43)17-30(45)18-29(44)9-7-24-8-10-34(46)35(15-24)47-23-41-21-31-32(20-40-33(31)22-41)37(13-11-25(19-37)12-14-42)27-6-3-5-26(16-27)36(38)39/h3,5-6,8,10,15-16,20-22,25,28,30,36,40,42-43,45-46H,2,4,7,9,11-14,17-19,23,38-39H2,1H3/t25-,28+,30-,37+/m1/s1. The van der Waals surface area contributed by atoms with E-state index in [0.717, 1.165) is 54.1 Å². The van der Waals surface area contributed by atoms with Crippen LogP contribution in [-0.4, -0.2) is 54.6 Å². The molecule has 0 saturated heterocycles. The zero-order valence-electron chi connectivity index (χ0n) is 27.3. The molecule has 10 nitrogen and oxygen atoms in total. The topological polar surface area (TPSA) is 180 Å². The Labute approximate surface area is 276 Å². The monoisotopic (exact) mass is 646 g/mol. The lowest BCUT2D eigenvalue weighted by Crippen LogP contribution is -2.26. The first-order valence-corrected chi connectivity index (χ1v) is 16.8. The summed E-state index contributed by atoms with van der Waals surface area (Å²) < 4.78 is 8.00. The van der Waals surface area contributed by atoms with Crippen LogP contribution in [0.4, 0.5) is 0 Å². The van der Waals surface area contributed by atoms with Gasteiger partial charge < -0.3 is 46.2 Å². The van der Waals surface area contributed by atoms with E-state index in [4.69, 9.17) is 16.2 Å². The highest BCUT2D eigenvalue weighted by molar-refractivity contribution is 5.85. The number of aliphatic hydroxyl groups excluding tert-OH is 3. The number of carbonyl (C=O) groups is 1. The molecule has 4 atom stereocenters. The van der Waals surface area contributed by atoms with E-state index in [1.54, 1.807) is 18.2 Å². The number of ketones is 1. The first-order valence-electron chi connectivity index (χ1n) is 16.8. The van der Waals surface area contributed by atoms with Gasteiger partial charge in [0.2, 0.25) is 0 Å². The Bertz CT molecular complexity index is 1630. The van der Waals surface area contributed by atoms with Crippen LogP contribution in [0.1, 0.15) is 93.1 Å². The van der Waals surface area contributed by atoms with Gasteiger partial charge in [0.1, 0.15) is 5.78 Å². The van der Waals surface area contributed by atoms with Crippen LogP contribution in [-0.2, 0) is 23.4 Å². The Hall–Kier alpha value is -3.67. The molecule has 9 N–H and O–H groups in total. The van der Waals surface area contributed by atoms with Gasteiger partial charge in [-0.3, -0.25) is 4.79 Å². The van der Waals surface area contributed by atoms with Crippen molar-refractivity contribution in [3.05, 3.63) is 83.3 Å². The largest absolute Gasteiger partial charge is 0.504 e. The average Bonchev–Trinajstić information content (AvgIpc) is 3.75. The minimum absolute atomic E-state index is 0.0108. The highest BCUT2D eigenvalue weighted by atomic mass is 16.5. The number of nitrogens with two attached hydrogens (primary N) is 2. The van der Waals surface area contributed by atoms with Crippen LogP contribution in [0.2, 0.25) is 0 Å². The molecule has 0 amide bonds. The molecule has 0 spiro atoms. The SMILES string of the molecule is CCC[C@H](O)C[C@@H](O)CC(=O)CCc1ccc(O)c(OCn2cc3[nH]cc([C@@]4(c5cccc(C(N)N)c5)CC[C@H](CCO)C4)c3c2)c1. The highest BCUT2D eigenvalue weighted by Crippen LogP contribution is 2.52. The number of H-pyrrole nitrogens is 1. The maximum absolute atomic E-state index is 12.5. The number of fused-ring (bicyclic) bond motifs is 1. The van der Waals surface area contributed by atoms with Gasteiger partial charge in [0.25, 0.3) is 0 Å². The van der Waals surface area contributed by atoms with Gasteiger partial charge in [-0.1, -0.05) is 43.7 Å².